The molecule has 1 saturated heterocycles. The van der Waals surface area contributed by atoms with E-state index in [9.17, 15) is 9.50 Å². The minimum Gasteiger partial charge on any atom is -0.394 e. The van der Waals surface area contributed by atoms with Gasteiger partial charge in [-0.1, -0.05) is 23.7 Å². The minimum atomic E-state index is -0.705. The van der Waals surface area contributed by atoms with Crippen molar-refractivity contribution in [3.05, 3.63) is 81.9 Å². The zero-order valence-corrected chi connectivity index (χ0v) is 17.6. The predicted octanol–water partition coefficient (Wildman–Crippen LogP) is 4.32. The topological polar surface area (TPSA) is 61.4 Å². The molecule has 31 heavy (non-hydrogen) atoms. The third-order valence-corrected chi connectivity index (χ3v) is 6.19. The molecule has 7 heteroatoms. The Morgan fingerprint density at radius 2 is 1.90 bits per heavy atom. The molecule has 2 aliphatic rings. The van der Waals surface area contributed by atoms with Gasteiger partial charge in [-0.2, -0.15) is 5.10 Å². The van der Waals surface area contributed by atoms with Gasteiger partial charge in [-0.3, -0.25) is 0 Å². The van der Waals surface area contributed by atoms with Crippen molar-refractivity contribution < 1.29 is 14.2 Å². The summed E-state index contributed by atoms with van der Waals surface area (Å²) in [6, 6.07) is 13.9. The van der Waals surface area contributed by atoms with Gasteiger partial charge in [-0.25, -0.2) is 14.4 Å². The van der Waals surface area contributed by atoms with Crippen LogP contribution in [0.15, 0.2) is 48.5 Å². The smallest absolute Gasteiger partial charge is 0.123 e. The molecule has 1 N–H and O–H groups in total. The lowest BCUT2D eigenvalue weighted by Gasteiger charge is -2.26. The molecule has 2 aromatic carbocycles. The molecular weight excluding hydrogens is 417 g/mol. The van der Waals surface area contributed by atoms with Crippen molar-refractivity contribution in [2.75, 3.05) is 19.8 Å². The zero-order chi connectivity index (χ0) is 21.4. The molecule has 3 heterocycles. The molecule has 1 aromatic heterocycles. The van der Waals surface area contributed by atoms with E-state index in [2.05, 4.69) is 0 Å². The number of aliphatic hydroxyl groups excluding tert-OH is 1. The Morgan fingerprint density at radius 1 is 1.13 bits per heavy atom. The van der Waals surface area contributed by atoms with E-state index in [0.717, 1.165) is 46.6 Å². The van der Waals surface area contributed by atoms with Gasteiger partial charge in [-0.15, -0.1) is 0 Å². The summed E-state index contributed by atoms with van der Waals surface area (Å²) in [6.45, 7) is 1.43. The first-order chi connectivity index (χ1) is 15.1. The van der Waals surface area contributed by atoms with E-state index >= 15 is 0 Å². The van der Waals surface area contributed by atoms with Gasteiger partial charge >= 0.3 is 0 Å². The second-order valence-corrected chi connectivity index (χ2v) is 8.39. The predicted molar refractivity (Wildman–Crippen MR) is 117 cm³/mol. The van der Waals surface area contributed by atoms with Gasteiger partial charge < -0.3 is 9.84 Å². The zero-order valence-electron chi connectivity index (χ0n) is 16.9. The number of hydrogen-bond acceptors (Lipinski definition) is 3. The Hall–Kier alpha value is -2.51. The van der Waals surface area contributed by atoms with Gasteiger partial charge in [0, 0.05) is 22.7 Å². The molecule has 0 bridgehead atoms. The Kier molecular flexibility index (Phi) is 5.40. The number of halogens is 2. The molecule has 1 radical (unpaired) electrons. The third-order valence-electron chi connectivity index (χ3n) is 5.94. The van der Waals surface area contributed by atoms with E-state index in [0.29, 0.717) is 24.8 Å². The van der Waals surface area contributed by atoms with E-state index in [-0.39, 0.29) is 12.4 Å². The van der Waals surface area contributed by atoms with Crippen molar-refractivity contribution in [1.29, 1.82) is 0 Å². The average Bonchev–Trinajstić information content (AvgIpc) is 3.42. The molecule has 3 aromatic rings. The number of nitrogens with zero attached hydrogens (tertiary/aromatic N) is 3. The van der Waals surface area contributed by atoms with Crippen LogP contribution in [0.2, 0.25) is 5.02 Å². The Morgan fingerprint density at radius 3 is 2.58 bits per heavy atom. The van der Waals surface area contributed by atoms with Crippen molar-refractivity contribution in [2.24, 2.45) is 0 Å². The molecule has 159 valence electrons. The van der Waals surface area contributed by atoms with E-state index in [1.807, 2.05) is 35.0 Å². The summed E-state index contributed by atoms with van der Waals surface area (Å²) in [5, 5.41) is 20.6. The van der Waals surface area contributed by atoms with Crippen LogP contribution >= 0.6 is 11.6 Å². The first-order valence-electron chi connectivity index (χ1n) is 10.3. The molecule has 0 spiro atoms. The van der Waals surface area contributed by atoms with Crippen molar-refractivity contribution in [1.82, 2.24) is 15.1 Å². The maximum Gasteiger partial charge on any atom is 0.123 e. The first-order valence-corrected chi connectivity index (χ1v) is 10.7. The Balaban J connectivity index is 1.71. The SMILES string of the molecule is OC[C@@]1(c2nn(-c3ccc(Cl)cc3)c3c2COC/C3=C\c2ccc(F)cc2)CCC[N]1. The fraction of sp³-hybridized carbons (Fsp3) is 0.292. The van der Waals surface area contributed by atoms with Crippen LogP contribution in [-0.4, -0.2) is 34.6 Å². The standard InChI is InChI=1S/C24H22ClFN3O2/c25-18-4-8-20(9-5-18)29-22-17(12-16-2-6-19(26)7-3-16)13-31-14-21(22)23(28-29)24(15-30)10-1-11-27-24/h2-9,12,30H,1,10-11,13-15H2/b17-12+/t24-/m1/s1. The van der Waals surface area contributed by atoms with Gasteiger partial charge in [-0.05, 0) is 60.9 Å². The number of fused-ring (bicyclic) bond motifs is 1. The number of aromatic nitrogens is 2. The number of hydrogen-bond donors (Lipinski definition) is 1. The number of benzene rings is 2. The third kappa shape index (κ3) is 3.70. The minimum absolute atomic E-state index is 0.0892. The second-order valence-electron chi connectivity index (χ2n) is 7.95. The maximum absolute atomic E-state index is 13.4. The summed E-state index contributed by atoms with van der Waals surface area (Å²) in [5.74, 6) is -0.274. The van der Waals surface area contributed by atoms with Crippen LogP contribution in [-0.2, 0) is 16.9 Å². The summed E-state index contributed by atoms with van der Waals surface area (Å²) in [6.07, 6.45) is 3.67. The highest BCUT2D eigenvalue weighted by atomic mass is 35.5. The van der Waals surface area contributed by atoms with Crippen LogP contribution in [0.3, 0.4) is 0 Å². The Labute approximate surface area is 185 Å². The number of rotatable bonds is 4. The van der Waals surface area contributed by atoms with Crippen molar-refractivity contribution in [3.63, 3.8) is 0 Å². The molecule has 1 atom stereocenters. The molecule has 0 amide bonds. The fourth-order valence-electron chi connectivity index (χ4n) is 4.40. The summed E-state index contributed by atoms with van der Waals surface area (Å²) in [7, 11) is 0. The first kappa shape index (κ1) is 20.4. The fourth-order valence-corrected chi connectivity index (χ4v) is 4.53. The highest BCUT2D eigenvalue weighted by molar-refractivity contribution is 6.30. The normalized spacial score (nSPS) is 22.1. The van der Waals surface area contributed by atoms with Crippen molar-refractivity contribution in [3.8, 4) is 5.69 Å². The van der Waals surface area contributed by atoms with Crippen LogP contribution in [0.25, 0.3) is 17.3 Å². The molecule has 0 aliphatic carbocycles. The monoisotopic (exact) mass is 438 g/mol. The second kappa shape index (κ2) is 8.20. The van der Waals surface area contributed by atoms with Gasteiger partial charge in [0.2, 0.25) is 0 Å². The molecule has 5 nitrogen and oxygen atoms in total. The molecule has 5 rings (SSSR count). The van der Waals surface area contributed by atoms with E-state index in [4.69, 9.17) is 26.8 Å². The van der Waals surface area contributed by atoms with Gasteiger partial charge in [0.05, 0.1) is 36.9 Å². The van der Waals surface area contributed by atoms with Crippen LogP contribution in [0.4, 0.5) is 4.39 Å². The van der Waals surface area contributed by atoms with E-state index < -0.39 is 5.54 Å². The van der Waals surface area contributed by atoms with E-state index in [1.165, 1.54) is 12.1 Å². The number of aliphatic hydroxyl groups is 1. The quantitative estimate of drug-likeness (QED) is 0.659. The molecule has 1 fully saturated rings. The summed E-state index contributed by atoms with van der Waals surface area (Å²) in [5.41, 5.74) is 4.61. The van der Waals surface area contributed by atoms with Gasteiger partial charge in [0.25, 0.3) is 0 Å². The largest absolute Gasteiger partial charge is 0.394 e. The van der Waals surface area contributed by atoms with Crippen LogP contribution < -0.4 is 5.32 Å². The van der Waals surface area contributed by atoms with Crippen LogP contribution in [0.5, 0.6) is 0 Å². The summed E-state index contributed by atoms with van der Waals surface area (Å²) >= 11 is 6.10. The Bertz CT molecular complexity index is 1120. The highest BCUT2D eigenvalue weighted by Crippen LogP contribution is 2.40. The highest BCUT2D eigenvalue weighted by Gasteiger charge is 2.43. The van der Waals surface area contributed by atoms with Crippen LogP contribution in [0.1, 0.15) is 35.4 Å². The van der Waals surface area contributed by atoms with Gasteiger partial charge in [0.1, 0.15) is 11.4 Å². The van der Waals surface area contributed by atoms with E-state index in [1.54, 1.807) is 12.1 Å². The molecule has 0 unspecified atom stereocenters. The maximum atomic E-state index is 13.4. The van der Waals surface area contributed by atoms with Crippen LogP contribution in [0, 0.1) is 5.82 Å². The lowest BCUT2D eigenvalue weighted by molar-refractivity contribution is 0.138. The van der Waals surface area contributed by atoms with Crippen molar-refractivity contribution >= 4 is 23.3 Å². The molecular formula is C24H22ClFN3O2. The number of ether oxygens (including phenoxy) is 1. The van der Waals surface area contributed by atoms with Gasteiger partial charge in [0.15, 0.2) is 0 Å². The molecule has 2 aliphatic heterocycles. The lowest BCUT2D eigenvalue weighted by Crippen LogP contribution is -2.37. The lowest BCUT2D eigenvalue weighted by atomic mass is 9.89. The molecule has 0 saturated carbocycles. The average molecular weight is 439 g/mol. The van der Waals surface area contributed by atoms with Crippen molar-refractivity contribution in [2.45, 2.75) is 25.0 Å². The summed E-state index contributed by atoms with van der Waals surface area (Å²) < 4.78 is 21.2. The summed E-state index contributed by atoms with van der Waals surface area (Å²) in [4.78, 5) is 0.